The molecule has 2 aromatic carbocycles. The maximum absolute atomic E-state index is 12.8. The van der Waals surface area contributed by atoms with E-state index in [0.29, 0.717) is 16.5 Å². The molecule has 1 aliphatic rings. The molecule has 1 fully saturated rings. The lowest BCUT2D eigenvalue weighted by Gasteiger charge is -2.14. The zero-order valence-corrected chi connectivity index (χ0v) is 17.1. The number of amidine groups is 1. The van der Waals surface area contributed by atoms with Crippen LogP contribution >= 0.6 is 11.8 Å². The van der Waals surface area contributed by atoms with E-state index in [2.05, 4.69) is 16.9 Å². The van der Waals surface area contributed by atoms with Crippen molar-refractivity contribution >= 4 is 45.8 Å². The predicted molar refractivity (Wildman–Crippen MR) is 118 cm³/mol. The summed E-state index contributed by atoms with van der Waals surface area (Å²) in [6, 6.07) is 13.4. The van der Waals surface area contributed by atoms with Crippen molar-refractivity contribution in [3.05, 3.63) is 76.9 Å². The van der Waals surface area contributed by atoms with Gasteiger partial charge in [0, 0.05) is 30.8 Å². The lowest BCUT2D eigenvalue weighted by molar-refractivity contribution is -0.384. The Hall–Kier alpha value is -3.46. The number of aliphatic imine (C=N–C) groups is 1. The monoisotopic (exact) mass is 424 g/mol. The summed E-state index contributed by atoms with van der Waals surface area (Å²) < 4.78 is 0. The summed E-state index contributed by atoms with van der Waals surface area (Å²) in [4.78, 5) is 41.7. The van der Waals surface area contributed by atoms with Gasteiger partial charge in [-0.15, -0.1) is 6.58 Å². The van der Waals surface area contributed by atoms with Gasteiger partial charge in [-0.3, -0.25) is 24.6 Å². The molecule has 0 saturated carbocycles. The van der Waals surface area contributed by atoms with Crippen LogP contribution in [0.5, 0.6) is 0 Å². The molecular weight excluding hydrogens is 404 g/mol. The number of aryl methyl sites for hydroxylation is 1. The van der Waals surface area contributed by atoms with E-state index >= 15 is 0 Å². The number of carbonyl (C=O) groups is 2. The highest BCUT2D eigenvalue weighted by Crippen LogP contribution is 2.33. The molecule has 9 heteroatoms. The van der Waals surface area contributed by atoms with Gasteiger partial charge in [0.1, 0.15) is 5.25 Å². The Labute approximate surface area is 177 Å². The second kappa shape index (κ2) is 9.36. The number of nitrogens with zero attached hydrogens (tertiary/aromatic N) is 3. The van der Waals surface area contributed by atoms with Crippen LogP contribution in [-0.4, -0.2) is 38.6 Å². The Morgan fingerprint density at radius 3 is 2.73 bits per heavy atom. The molecule has 8 nitrogen and oxygen atoms in total. The number of thioether (sulfide) groups is 1. The summed E-state index contributed by atoms with van der Waals surface area (Å²) in [6.07, 6.45) is 1.56. The molecule has 1 heterocycles. The third-order valence-corrected chi connectivity index (χ3v) is 5.55. The first-order valence-corrected chi connectivity index (χ1v) is 10.0. The van der Waals surface area contributed by atoms with E-state index in [-0.39, 0.29) is 30.5 Å². The molecule has 1 N–H and O–H groups in total. The number of nitro benzene ring substituents is 1. The number of amides is 2. The zero-order valence-electron chi connectivity index (χ0n) is 16.3. The molecule has 154 valence electrons. The first-order valence-electron chi connectivity index (χ1n) is 9.16. The Bertz CT molecular complexity index is 1020. The average Bonchev–Trinajstić information content (AvgIpc) is 2.99. The van der Waals surface area contributed by atoms with E-state index < -0.39 is 10.2 Å². The molecule has 30 heavy (non-hydrogen) atoms. The van der Waals surface area contributed by atoms with Gasteiger partial charge in [-0.1, -0.05) is 42.1 Å². The highest BCUT2D eigenvalue weighted by atomic mass is 32.2. The fourth-order valence-electron chi connectivity index (χ4n) is 2.86. The molecule has 1 aliphatic heterocycles. The van der Waals surface area contributed by atoms with Gasteiger partial charge in [0.05, 0.1) is 10.6 Å². The SMILES string of the molecule is C=CCN1C(=O)[C@H](CC(=O)Nc2ccccc2)SC1=Nc1cc([N+](=O)[O-])ccc1C. The van der Waals surface area contributed by atoms with Crippen LogP contribution in [0.15, 0.2) is 66.2 Å². The molecule has 0 bridgehead atoms. The fourth-order valence-corrected chi connectivity index (χ4v) is 4.02. The number of nitrogens with one attached hydrogen (secondary N) is 1. The van der Waals surface area contributed by atoms with Crippen LogP contribution in [0.2, 0.25) is 0 Å². The third-order valence-electron chi connectivity index (χ3n) is 4.38. The van der Waals surface area contributed by atoms with Crippen molar-refractivity contribution in [1.29, 1.82) is 0 Å². The fraction of sp³-hybridized carbons (Fsp3) is 0.190. The van der Waals surface area contributed by atoms with Crippen molar-refractivity contribution < 1.29 is 14.5 Å². The number of hydrogen-bond donors (Lipinski definition) is 1. The summed E-state index contributed by atoms with van der Waals surface area (Å²) >= 11 is 1.17. The summed E-state index contributed by atoms with van der Waals surface area (Å²) in [7, 11) is 0. The summed E-state index contributed by atoms with van der Waals surface area (Å²) in [5.41, 5.74) is 1.72. The maximum atomic E-state index is 12.8. The van der Waals surface area contributed by atoms with Gasteiger partial charge in [0.25, 0.3) is 5.69 Å². The number of nitro groups is 1. The Morgan fingerprint density at radius 1 is 1.33 bits per heavy atom. The van der Waals surface area contributed by atoms with Gasteiger partial charge in [-0.05, 0) is 24.6 Å². The normalized spacial score (nSPS) is 17.2. The summed E-state index contributed by atoms with van der Waals surface area (Å²) in [5.74, 6) is -0.525. The Morgan fingerprint density at radius 2 is 2.07 bits per heavy atom. The average molecular weight is 424 g/mol. The zero-order chi connectivity index (χ0) is 21.7. The van der Waals surface area contributed by atoms with Gasteiger partial charge in [0.15, 0.2) is 5.17 Å². The first kappa shape index (κ1) is 21.3. The standard InChI is InChI=1S/C21H20N4O4S/c1-3-11-24-20(27)18(13-19(26)22-15-7-5-4-6-8-15)30-21(24)23-17-12-16(25(28)29)10-9-14(17)2/h3-10,12,18H,1,11,13H2,2H3,(H,22,26)/t18-/m0/s1. The number of hydrogen-bond acceptors (Lipinski definition) is 6. The molecule has 1 atom stereocenters. The second-order valence-electron chi connectivity index (χ2n) is 6.58. The van der Waals surface area contributed by atoms with Gasteiger partial charge in [0.2, 0.25) is 11.8 Å². The Balaban J connectivity index is 1.81. The van der Waals surface area contributed by atoms with Crippen molar-refractivity contribution in [2.75, 3.05) is 11.9 Å². The topological polar surface area (TPSA) is 105 Å². The summed E-state index contributed by atoms with van der Waals surface area (Å²) in [6.45, 7) is 5.69. The molecule has 0 spiro atoms. The van der Waals surface area contributed by atoms with Gasteiger partial charge >= 0.3 is 0 Å². The second-order valence-corrected chi connectivity index (χ2v) is 7.75. The van der Waals surface area contributed by atoms with Crippen molar-refractivity contribution in [1.82, 2.24) is 4.90 Å². The molecule has 0 aromatic heterocycles. The van der Waals surface area contributed by atoms with Gasteiger partial charge in [-0.25, -0.2) is 4.99 Å². The van der Waals surface area contributed by atoms with Crippen molar-refractivity contribution in [3.8, 4) is 0 Å². The van der Waals surface area contributed by atoms with Crippen molar-refractivity contribution in [2.45, 2.75) is 18.6 Å². The number of para-hydroxylation sites is 1. The lowest BCUT2D eigenvalue weighted by atomic mass is 10.2. The molecular formula is C21H20N4O4S. The van der Waals surface area contributed by atoms with Crippen LogP contribution in [-0.2, 0) is 9.59 Å². The molecule has 0 aliphatic carbocycles. The van der Waals surface area contributed by atoms with E-state index in [1.54, 1.807) is 31.2 Å². The predicted octanol–water partition coefficient (Wildman–Crippen LogP) is 4.05. The maximum Gasteiger partial charge on any atom is 0.271 e. The van der Waals surface area contributed by atoms with Crippen molar-refractivity contribution in [2.24, 2.45) is 4.99 Å². The van der Waals surface area contributed by atoms with Crippen molar-refractivity contribution in [3.63, 3.8) is 0 Å². The number of carbonyl (C=O) groups excluding carboxylic acids is 2. The van der Waals surface area contributed by atoms with Gasteiger partial charge in [-0.2, -0.15) is 0 Å². The molecule has 1 saturated heterocycles. The molecule has 0 unspecified atom stereocenters. The Kier molecular flexibility index (Phi) is 6.63. The highest BCUT2D eigenvalue weighted by Gasteiger charge is 2.38. The molecule has 2 amide bonds. The highest BCUT2D eigenvalue weighted by molar-refractivity contribution is 8.15. The van der Waals surface area contributed by atoms with Crippen LogP contribution in [0.25, 0.3) is 0 Å². The van der Waals surface area contributed by atoms with E-state index in [9.17, 15) is 19.7 Å². The smallest absolute Gasteiger partial charge is 0.271 e. The number of anilines is 1. The number of rotatable bonds is 7. The number of benzene rings is 2. The molecule has 3 rings (SSSR count). The van der Waals surface area contributed by atoms with Crippen LogP contribution in [0.4, 0.5) is 17.1 Å². The van der Waals surface area contributed by atoms with Crippen LogP contribution in [0.1, 0.15) is 12.0 Å². The van der Waals surface area contributed by atoms with Crippen LogP contribution in [0, 0.1) is 17.0 Å². The van der Waals surface area contributed by atoms with E-state index in [0.717, 1.165) is 5.56 Å². The van der Waals surface area contributed by atoms with Gasteiger partial charge < -0.3 is 5.32 Å². The minimum atomic E-state index is -0.633. The first-order chi connectivity index (χ1) is 14.4. The third kappa shape index (κ3) is 4.93. The minimum Gasteiger partial charge on any atom is -0.326 e. The van der Waals surface area contributed by atoms with E-state index in [1.165, 1.54) is 28.8 Å². The quantitative estimate of drug-likeness (QED) is 0.410. The lowest BCUT2D eigenvalue weighted by Crippen LogP contribution is -2.33. The molecule has 2 aromatic rings. The van der Waals surface area contributed by atoms with Crippen LogP contribution < -0.4 is 5.32 Å². The largest absolute Gasteiger partial charge is 0.326 e. The van der Waals surface area contributed by atoms with Crippen LogP contribution in [0.3, 0.4) is 0 Å². The number of non-ortho nitro benzene ring substituents is 1. The minimum absolute atomic E-state index is 0.0149. The molecule has 0 radical (unpaired) electrons. The van der Waals surface area contributed by atoms with E-state index in [4.69, 9.17) is 0 Å². The van der Waals surface area contributed by atoms with E-state index in [1.807, 2.05) is 18.2 Å². The summed E-state index contributed by atoms with van der Waals surface area (Å²) in [5, 5.41) is 13.6.